The van der Waals surface area contributed by atoms with E-state index in [-0.39, 0.29) is 16.9 Å². The number of benzene rings is 1. The predicted octanol–water partition coefficient (Wildman–Crippen LogP) is 0.767. The highest BCUT2D eigenvalue weighted by molar-refractivity contribution is 7.89. The lowest BCUT2D eigenvalue weighted by Crippen LogP contribution is -2.44. The Labute approximate surface area is 133 Å². The lowest BCUT2D eigenvalue weighted by Gasteiger charge is -2.12. The molecule has 0 unspecified atom stereocenters. The Morgan fingerprint density at radius 3 is 2.57 bits per heavy atom. The molecule has 1 saturated carbocycles. The molecule has 1 aromatic carbocycles. The molecule has 1 aliphatic rings. The Morgan fingerprint density at radius 2 is 1.87 bits per heavy atom. The number of nitrogens with zero attached hydrogens (tertiary/aromatic N) is 3. The Morgan fingerprint density at radius 1 is 1.17 bits per heavy atom. The highest BCUT2D eigenvalue weighted by Gasteiger charge is 2.26. The molecule has 9 heteroatoms. The number of rotatable bonds is 5. The van der Waals surface area contributed by atoms with Crippen LogP contribution >= 0.6 is 0 Å². The molecule has 1 aliphatic carbocycles. The summed E-state index contributed by atoms with van der Waals surface area (Å²) < 4.78 is 26.0. The van der Waals surface area contributed by atoms with E-state index < -0.39 is 10.0 Å². The average Bonchev–Trinajstić information content (AvgIpc) is 3.25. The zero-order chi connectivity index (χ0) is 16.3. The van der Waals surface area contributed by atoms with Crippen molar-refractivity contribution in [2.24, 2.45) is 5.92 Å². The second-order valence-corrected chi connectivity index (χ2v) is 7.03. The zero-order valence-electron chi connectivity index (χ0n) is 12.3. The Kier molecular flexibility index (Phi) is 4.39. The molecule has 2 aromatic rings. The van der Waals surface area contributed by atoms with Crippen molar-refractivity contribution in [2.75, 3.05) is 0 Å². The number of hydrogen-bond donors (Lipinski definition) is 2. The van der Waals surface area contributed by atoms with Crippen LogP contribution in [0.4, 0.5) is 0 Å². The standard InChI is InChI=1S/C14H17N5O3S/c20-14(11-6-4-5-7-11)16-18-23(21,22)13-10-15-17-19(13)12-8-2-1-3-9-12/h1-3,8-11,18H,4-7H2,(H,16,20). The maximum Gasteiger partial charge on any atom is 0.276 e. The quantitative estimate of drug-likeness (QED) is 0.785. The van der Waals surface area contributed by atoms with Gasteiger partial charge in [0.25, 0.3) is 10.0 Å². The van der Waals surface area contributed by atoms with E-state index in [0.29, 0.717) is 5.69 Å². The third-order valence-electron chi connectivity index (χ3n) is 3.83. The fraction of sp³-hybridized carbons (Fsp3) is 0.357. The van der Waals surface area contributed by atoms with Gasteiger partial charge >= 0.3 is 0 Å². The molecule has 3 rings (SSSR count). The summed E-state index contributed by atoms with van der Waals surface area (Å²) in [4.78, 5) is 14.1. The topological polar surface area (TPSA) is 106 Å². The fourth-order valence-corrected chi connectivity index (χ4v) is 3.51. The molecule has 1 amide bonds. The first-order chi connectivity index (χ1) is 11.1. The van der Waals surface area contributed by atoms with Crippen molar-refractivity contribution in [3.63, 3.8) is 0 Å². The van der Waals surface area contributed by atoms with E-state index in [1.807, 2.05) is 6.07 Å². The fourth-order valence-electron chi connectivity index (χ4n) is 2.62. The average molecular weight is 335 g/mol. The molecular formula is C14H17N5O3S. The van der Waals surface area contributed by atoms with E-state index in [1.165, 1.54) is 4.68 Å². The molecule has 23 heavy (non-hydrogen) atoms. The molecule has 0 spiro atoms. The first-order valence-electron chi connectivity index (χ1n) is 7.36. The molecule has 1 aromatic heterocycles. The van der Waals surface area contributed by atoms with Gasteiger partial charge in [-0.05, 0) is 25.0 Å². The predicted molar refractivity (Wildman–Crippen MR) is 81.8 cm³/mol. The van der Waals surface area contributed by atoms with Crippen molar-refractivity contribution in [3.05, 3.63) is 36.5 Å². The number of para-hydroxylation sites is 1. The summed E-state index contributed by atoms with van der Waals surface area (Å²) in [6.07, 6.45) is 4.70. The summed E-state index contributed by atoms with van der Waals surface area (Å²) in [7, 11) is -3.96. The van der Waals surface area contributed by atoms with Crippen LogP contribution in [0.2, 0.25) is 0 Å². The first-order valence-corrected chi connectivity index (χ1v) is 8.84. The SMILES string of the molecule is O=C(NNS(=O)(=O)c1cnnn1-c1ccccc1)C1CCCC1. The smallest absolute Gasteiger partial charge is 0.276 e. The Hall–Kier alpha value is -2.26. The van der Waals surface area contributed by atoms with Gasteiger partial charge in [0.1, 0.15) is 0 Å². The molecule has 122 valence electrons. The van der Waals surface area contributed by atoms with Crippen LogP contribution < -0.4 is 10.3 Å². The summed E-state index contributed by atoms with van der Waals surface area (Å²) in [5, 5.41) is 7.30. The van der Waals surface area contributed by atoms with Crippen LogP contribution in [0.25, 0.3) is 5.69 Å². The number of hydrogen-bond acceptors (Lipinski definition) is 5. The number of carbonyl (C=O) groups is 1. The van der Waals surface area contributed by atoms with E-state index in [1.54, 1.807) is 24.3 Å². The van der Waals surface area contributed by atoms with Crippen LogP contribution in [0.15, 0.2) is 41.6 Å². The maximum absolute atomic E-state index is 12.4. The largest absolute Gasteiger partial charge is 0.277 e. The molecule has 2 N–H and O–H groups in total. The van der Waals surface area contributed by atoms with E-state index in [0.717, 1.165) is 31.9 Å². The Balaban J connectivity index is 1.76. The van der Waals surface area contributed by atoms with Crippen molar-refractivity contribution in [2.45, 2.75) is 30.7 Å². The van der Waals surface area contributed by atoms with Crippen molar-refractivity contribution in [3.8, 4) is 5.69 Å². The second-order valence-electron chi connectivity index (χ2n) is 5.40. The highest BCUT2D eigenvalue weighted by atomic mass is 32.2. The molecule has 8 nitrogen and oxygen atoms in total. The third kappa shape index (κ3) is 3.40. The normalized spacial score (nSPS) is 15.7. The second kappa shape index (κ2) is 6.47. The Bertz CT molecular complexity index is 782. The monoisotopic (exact) mass is 335 g/mol. The number of carbonyl (C=O) groups excluding carboxylic acids is 1. The van der Waals surface area contributed by atoms with Crippen LogP contribution in [0.5, 0.6) is 0 Å². The molecule has 1 fully saturated rings. The maximum atomic E-state index is 12.4. The minimum atomic E-state index is -3.96. The van der Waals surface area contributed by atoms with Gasteiger partial charge in [0, 0.05) is 5.92 Å². The van der Waals surface area contributed by atoms with Crippen LogP contribution in [0.1, 0.15) is 25.7 Å². The van der Waals surface area contributed by atoms with Crippen LogP contribution in [0, 0.1) is 5.92 Å². The van der Waals surface area contributed by atoms with Gasteiger partial charge in [-0.3, -0.25) is 10.2 Å². The van der Waals surface area contributed by atoms with Crippen molar-refractivity contribution < 1.29 is 13.2 Å². The summed E-state index contributed by atoms with van der Waals surface area (Å²) in [6, 6.07) is 8.77. The van der Waals surface area contributed by atoms with Crippen LogP contribution in [-0.4, -0.2) is 29.3 Å². The molecule has 0 atom stereocenters. The van der Waals surface area contributed by atoms with E-state index >= 15 is 0 Å². The zero-order valence-corrected chi connectivity index (χ0v) is 13.2. The number of sulfonamides is 1. The molecule has 0 aliphatic heterocycles. The molecule has 0 bridgehead atoms. The van der Waals surface area contributed by atoms with Crippen LogP contribution in [-0.2, 0) is 14.8 Å². The van der Waals surface area contributed by atoms with E-state index in [4.69, 9.17) is 0 Å². The van der Waals surface area contributed by atoms with E-state index in [2.05, 4.69) is 20.6 Å². The van der Waals surface area contributed by atoms with Gasteiger partial charge in [0.2, 0.25) is 5.91 Å². The lowest BCUT2D eigenvalue weighted by molar-refractivity contribution is -0.125. The summed E-state index contributed by atoms with van der Waals surface area (Å²) in [5.74, 6) is -0.431. The van der Waals surface area contributed by atoms with Gasteiger partial charge in [-0.15, -0.1) is 9.93 Å². The van der Waals surface area contributed by atoms with E-state index in [9.17, 15) is 13.2 Å². The molecule has 1 heterocycles. The lowest BCUT2D eigenvalue weighted by atomic mass is 10.1. The highest BCUT2D eigenvalue weighted by Crippen LogP contribution is 2.24. The minimum absolute atomic E-state index is 0.130. The molecule has 0 radical (unpaired) electrons. The van der Waals surface area contributed by atoms with Gasteiger partial charge in [0.15, 0.2) is 5.03 Å². The van der Waals surface area contributed by atoms with Gasteiger partial charge in [-0.2, -0.15) is 0 Å². The van der Waals surface area contributed by atoms with Gasteiger partial charge in [-0.1, -0.05) is 36.3 Å². The molecule has 0 saturated heterocycles. The molecular weight excluding hydrogens is 318 g/mol. The number of hydrazine groups is 1. The van der Waals surface area contributed by atoms with Gasteiger partial charge in [0.05, 0.1) is 11.9 Å². The van der Waals surface area contributed by atoms with Crippen molar-refractivity contribution in [1.82, 2.24) is 25.3 Å². The van der Waals surface area contributed by atoms with Crippen LogP contribution in [0.3, 0.4) is 0 Å². The summed E-state index contributed by atoms with van der Waals surface area (Å²) in [6.45, 7) is 0. The van der Waals surface area contributed by atoms with Crippen molar-refractivity contribution in [1.29, 1.82) is 0 Å². The minimum Gasteiger partial charge on any atom is -0.277 e. The van der Waals surface area contributed by atoms with Crippen molar-refractivity contribution >= 4 is 15.9 Å². The first kappa shape index (κ1) is 15.6. The van der Waals surface area contributed by atoms with Gasteiger partial charge < -0.3 is 0 Å². The number of nitrogens with one attached hydrogen (secondary N) is 2. The number of aromatic nitrogens is 3. The van der Waals surface area contributed by atoms with Gasteiger partial charge in [-0.25, -0.2) is 13.1 Å². The summed E-state index contributed by atoms with van der Waals surface area (Å²) >= 11 is 0. The third-order valence-corrected chi connectivity index (χ3v) is 5.03. The summed E-state index contributed by atoms with van der Waals surface area (Å²) in [5.41, 5.74) is 2.85. The number of amides is 1.